The number of nitrogens with zero attached hydrogens (tertiary/aromatic N) is 5. The lowest BCUT2D eigenvalue weighted by Gasteiger charge is -2.18. The Morgan fingerprint density at radius 3 is 2.20 bits per heavy atom. The number of unbranched alkanes of at least 4 members (excludes halogenated alkanes) is 1. The Hall–Kier alpha value is -3.91. The summed E-state index contributed by atoms with van der Waals surface area (Å²) in [5.74, 6) is 1.39. The third-order valence-corrected chi connectivity index (χ3v) is 6.06. The van der Waals surface area contributed by atoms with Crippen LogP contribution in [-0.4, -0.2) is 49.6 Å². The molecular formula is C33H47N7O. The maximum absolute atomic E-state index is 9.88. The Bertz CT molecular complexity index is 1370. The second-order valence-corrected chi connectivity index (χ2v) is 10.8. The van der Waals surface area contributed by atoms with Crippen molar-refractivity contribution in [3.05, 3.63) is 70.9 Å². The van der Waals surface area contributed by atoms with E-state index in [0.29, 0.717) is 12.2 Å². The molecule has 0 aliphatic rings. The number of anilines is 1. The van der Waals surface area contributed by atoms with Gasteiger partial charge in [-0.3, -0.25) is 4.99 Å². The van der Waals surface area contributed by atoms with Gasteiger partial charge in [0.25, 0.3) is 0 Å². The van der Waals surface area contributed by atoms with Crippen LogP contribution in [0.4, 0.5) is 11.5 Å². The van der Waals surface area contributed by atoms with Gasteiger partial charge in [-0.15, -0.1) is 10.2 Å². The van der Waals surface area contributed by atoms with E-state index in [4.69, 9.17) is 0 Å². The summed E-state index contributed by atoms with van der Waals surface area (Å²) in [6, 6.07) is 16.5. The summed E-state index contributed by atoms with van der Waals surface area (Å²) in [6.07, 6.45) is 5.76. The Balaban J connectivity index is 0.000000262. The molecule has 220 valence electrons. The molecule has 2 aromatic carbocycles. The Labute approximate surface area is 245 Å². The lowest BCUT2D eigenvalue weighted by Crippen LogP contribution is -2.22. The van der Waals surface area contributed by atoms with Crippen LogP contribution < -0.4 is 5.32 Å². The molecule has 0 atom stereocenters. The first-order chi connectivity index (χ1) is 19.5. The summed E-state index contributed by atoms with van der Waals surface area (Å²) in [7, 11) is 1.84. The number of hydrogen-bond acceptors (Lipinski definition) is 7. The fourth-order valence-electron chi connectivity index (χ4n) is 4.00. The second kappa shape index (κ2) is 16.4. The van der Waals surface area contributed by atoms with Crippen molar-refractivity contribution in [3.63, 3.8) is 0 Å². The van der Waals surface area contributed by atoms with Crippen LogP contribution in [0.2, 0.25) is 0 Å². The lowest BCUT2D eigenvalue weighted by molar-refractivity contribution is 0.0800. The molecule has 0 spiro atoms. The maximum Gasteiger partial charge on any atom is 0.205 e. The first kappa shape index (κ1) is 33.3. The van der Waals surface area contributed by atoms with Crippen LogP contribution in [0.3, 0.4) is 0 Å². The van der Waals surface area contributed by atoms with E-state index in [1.807, 2.05) is 44.5 Å². The van der Waals surface area contributed by atoms with Gasteiger partial charge in [0.2, 0.25) is 5.82 Å². The largest absolute Gasteiger partial charge is 0.390 e. The summed E-state index contributed by atoms with van der Waals surface area (Å²) in [4.78, 5) is 9.02. The third-order valence-electron chi connectivity index (χ3n) is 6.06. The smallest absolute Gasteiger partial charge is 0.205 e. The molecule has 0 aliphatic heterocycles. The quantitative estimate of drug-likeness (QED) is 0.190. The molecule has 2 heterocycles. The fourth-order valence-corrected chi connectivity index (χ4v) is 4.00. The first-order valence-corrected chi connectivity index (χ1v) is 14.4. The van der Waals surface area contributed by atoms with E-state index in [2.05, 4.69) is 94.8 Å². The van der Waals surface area contributed by atoms with Crippen LogP contribution in [0, 0.1) is 20.8 Å². The van der Waals surface area contributed by atoms with Crippen LogP contribution in [0.15, 0.2) is 53.5 Å². The number of aryl methyl sites for hydroxylation is 3. The Morgan fingerprint density at radius 1 is 0.951 bits per heavy atom. The van der Waals surface area contributed by atoms with Gasteiger partial charge in [0, 0.05) is 30.9 Å². The van der Waals surface area contributed by atoms with Crippen molar-refractivity contribution in [2.45, 2.75) is 86.7 Å². The molecule has 4 aromatic rings. The molecule has 0 fully saturated rings. The van der Waals surface area contributed by atoms with Gasteiger partial charge in [0.1, 0.15) is 5.69 Å². The zero-order valence-corrected chi connectivity index (χ0v) is 26.2. The number of benzene rings is 2. The van der Waals surface area contributed by atoms with Gasteiger partial charge in [-0.05, 0) is 80.1 Å². The van der Waals surface area contributed by atoms with E-state index < -0.39 is 5.60 Å². The summed E-state index contributed by atoms with van der Waals surface area (Å²) in [5, 5.41) is 27.2. The van der Waals surface area contributed by atoms with Gasteiger partial charge in [0.05, 0.1) is 5.60 Å². The molecule has 8 nitrogen and oxygen atoms in total. The number of tetrazole rings is 1. The normalized spacial score (nSPS) is 11.0. The van der Waals surface area contributed by atoms with E-state index >= 15 is 0 Å². The molecule has 0 amide bonds. The molecule has 0 unspecified atom stereocenters. The summed E-state index contributed by atoms with van der Waals surface area (Å²) in [6.45, 7) is 16.2. The van der Waals surface area contributed by atoms with Crippen molar-refractivity contribution < 1.29 is 5.11 Å². The molecule has 0 aliphatic carbocycles. The molecule has 3 N–H and O–H groups in total. The van der Waals surface area contributed by atoms with Crippen molar-refractivity contribution in [1.82, 2.24) is 25.6 Å². The minimum Gasteiger partial charge on any atom is -0.390 e. The first-order valence-electron chi connectivity index (χ1n) is 14.4. The zero-order valence-electron chi connectivity index (χ0n) is 26.2. The van der Waals surface area contributed by atoms with Crippen LogP contribution >= 0.6 is 0 Å². The van der Waals surface area contributed by atoms with Gasteiger partial charge in [0.15, 0.2) is 5.82 Å². The average Bonchev–Trinajstić information content (AvgIpc) is 3.46. The minimum atomic E-state index is -0.753. The van der Waals surface area contributed by atoms with Crippen molar-refractivity contribution in [2.75, 3.05) is 12.4 Å². The van der Waals surface area contributed by atoms with Gasteiger partial charge in [-0.2, -0.15) is 5.21 Å². The van der Waals surface area contributed by atoms with E-state index in [1.54, 1.807) is 13.8 Å². The number of aliphatic imine (C=N–C) groups is 1. The van der Waals surface area contributed by atoms with Gasteiger partial charge in [-0.1, -0.05) is 76.1 Å². The number of rotatable bonds is 8. The summed E-state index contributed by atoms with van der Waals surface area (Å²) < 4.78 is 0. The standard InChI is InChI=1S/C15H14N4.C15H25N3O.C3H8/c1-10-7-8-12(9-11(10)2)13-5-3-4-6-14(13)15-16-18-19-17-15;1-6-7-8-17-13-11(2)9-12(10-15(3,4)19)18-14(13)16-5;1-3-2/h3-9H,1-2H3,(H,16,17,18,19);8-9,19H,6-7,10H2,1-5H3,(H,16,18);3H2,1-2H3. The average molecular weight is 558 g/mol. The predicted molar refractivity (Wildman–Crippen MR) is 172 cm³/mol. The highest BCUT2D eigenvalue weighted by atomic mass is 16.3. The number of hydrogen-bond donors (Lipinski definition) is 3. The number of aliphatic hydroxyl groups is 1. The van der Waals surface area contributed by atoms with Gasteiger partial charge in [-0.25, -0.2) is 4.98 Å². The lowest BCUT2D eigenvalue weighted by atomic mass is 9.96. The van der Waals surface area contributed by atoms with Crippen LogP contribution in [0.1, 0.15) is 76.3 Å². The van der Waals surface area contributed by atoms with Crippen molar-refractivity contribution in [3.8, 4) is 22.5 Å². The minimum absolute atomic E-state index is 0.529. The molecule has 0 radical (unpaired) electrons. The second-order valence-electron chi connectivity index (χ2n) is 10.8. The number of pyridine rings is 1. The molecular weight excluding hydrogens is 510 g/mol. The molecule has 0 saturated heterocycles. The topological polar surface area (TPSA) is 112 Å². The molecule has 8 heteroatoms. The van der Waals surface area contributed by atoms with Gasteiger partial charge < -0.3 is 10.4 Å². The Kier molecular flexibility index (Phi) is 13.3. The van der Waals surface area contributed by atoms with E-state index in [-0.39, 0.29) is 0 Å². The highest BCUT2D eigenvalue weighted by Gasteiger charge is 2.17. The molecule has 41 heavy (non-hydrogen) atoms. The van der Waals surface area contributed by atoms with Crippen LogP contribution in [0.5, 0.6) is 0 Å². The van der Waals surface area contributed by atoms with Gasteiger partial charge >= 0.3 is 0 Å². The van der Waals surface area contributed by atoms with E-state index in [1.165, 1.54) is 23.1 Å². The van der Waals surface area contributed by atoms with E-state index in [0.717, 1.165) is 46.7 Å². The summed E-state index contributed by atoms with van der Waals surface area (Å²) >= 11 is 0. The van der Waals surface area contributed by atoms with E-state index in [9.17, 15) is 5.11 Å². The van der Waals surface area contributed by atoms with Crippen molar-refractivity contribution in [2.24, 2.45) is 4.99 Å². The molecule has 4 rings (SSSR count). The summed E-state index contributed by atoms with van der Waals surface area (Å²) in [5.41, 5.74) is 7.93. The SMILES string of the molecule is CCC.CCCC=Nc1c(C)cc(CC(C)(C)O)nc1NC.Cc1ccc(-c2ccccc2-c2nn[nH]n2)cc1C. The molecule has 0 saturated carbocycles. The monoisotopic (exact) mass is 557 g/mol. The molecule has 0 bridgehead atoms. The van der Waals surface area contributed by atoms with Crippen LogP contribution in [-0.2, 0) is 6.42 Å². The van der Waals surface area contributed by atoms with Crippen molar-refractivity contribution in [1.29, 1.82) is 0 Å². The predicted octanol–water partition coefficient (Wildman–Crippen LogP) is 7.81. The number of aromatic nitrogens is 5. The fraction of sp³-hybridized carbons (Fsp3) is 0.424. The number of H-pyrrole nitrogens is 1. The zero-order chi connectivity index (χ0) is 30.4. The Morgan fingerprint density at radius 2 is 1.63 bits per heavy atom. The maximum atomic E-state index is 9.88. The number of aromatic amines is 1. The highest BCUT2D eigenvalue weighted by Crippen LogP contribution is 2.31. The highest BCUT2D eigenvalue weighted by molar-refractivity contribution is 5.80. The van der Waals surface area contributed by atoms with Crippen molar-refractivity contribution >= 4 is 17.7 Å². The molecule has 2 aromatic heterocycles. The van der Waals surface area contributed by atoms with Crippen LogP contribution in [0.25, 0.3) is 22.5 Å². The third kappa shape index (κ3) is 10.5. The number of nitrogens with one attached hydrogen (secondary N) is 2.